The van der Waals surface area contributed by atoms with Gasteiger partial charge in [0.2, 0.25) is 5.96 Å². The molecule has 0 amide bonds. The van der Waals surface area contributed by atoms with E-state index >= 15 is 0 Å². The van der Waals surface area contributed by atoms with Crippen LogP contribution in [0, 0.1) is 0 Å². The van der Waals surface area contributed by atoms with Crippen molar-refractivity contribution in [1.82, 2.24) is 0 Å². The van der Waals surface area contributed by atoms with Gasteiger partial charge in [0, 0.05) is 0 Å². The van der Waals surface area contributed by atoms with Gasteiger partial charge in [0.15, 0.2) is 0 Å². The molecule has 0 radical (unpaired) electrons. The number of hydrogen-bond donors (Lipinski definition) is 3. The minimum atomic E-state index is -0.0926. The molecule has 32 valence electrons. The Labute approximate surface area is 78.5 Å². The summed E-state index contributed by atoms with van der Waals surface area (Å²) in [7, 11) is 0. The average molecular weight is 114 g/mol. The van der Waals surface area contributed by atoms with E-state index in [0.29, 0.717) is 0 Å². The van der Waals surface area contributed by atoms with Crippen LogP contribution in [0.25, 0.3) is 0 Å². The number of hydrogen-bond acceptors (Lipinski definition) is 2. The second-order valence-electron chi connectivity index (χ2n) is 0.554. The Kier molecular flexibility index (Phi) is 9.38. The quantitative estimate of drug-likeness (QED) is 0.107. The molecule has 0 heterocycles. The summed E-state index contributed by atoms with van der Waals surface area (Å²) in [6, 6.07) is 0. The van der Waals surface area contributed by atoms with Crippen molar-refractivity contribution < 1.29 is 0 Å². The first-order valence-electron chi connectivity index (χ1n) is 1.06. The van der Waals surface area contributed by atoms with Gasteiger partial charge < -0.3 is 17.3 Å². The number of nitrogens with two attached hydrogens (primary N) is 3. The predicted octanol–water partition coefficient (Wildman–Crippen LogP) is -2.52. The van der Waals surface area contributed by atoms with Gasteiger partial charge in [0.25, 0.3) is 0 Å². The molecule has 0 spiro atoms. The Morgan fingerprint density at radius 2 is 1.50 bits per heavy atom. The zero-order valence-corrected chi connectivity index (χ0v) is 2.68. The van der Waals surface area contributed by atoms with E-state index < -0.39 is 0 Å². The monoisotopic (exact) mass is 114 g/mol. The van der Waals surface area contributed by atoms with Crippen LogP contribution < -0.4 is 17.3 Å². The Morgan fingerprint density at radius 1 is 1.33 bits per heavy atom. The SMILES string of the molecule is NN=C(N)N.[KH]. The van der Waals surface area contributed by atoms with Crippen LogP contribution in [0.5, 0.6) is 0 Å². The molecule has 0 unspecified atom stereocenters. The van der Waals surface area contributed by atoms with Gasteiger partial charge in [-0.05, 0) is 0 Å². The molecule has 6 heavy (non-hydrogen) atoms. The van der Waals surface area contributed by atoms with Crippen molar-refractivity contribution in [2.75, 3.05) is 0 Å². The zero-order valence-electron chi connectivity index (χ0n) is 2.68. The van der Waals surface area contributed by atoms with Crippen LogP contribution in [0.3, 0.4) is 0 Å². The topological polar surface area (TPSA) is 90.4 Å². The van der Waals surface area contributed by atoms with E-state index in [0.717, 1.165) is 0 Å². The normalized spacial score (nSPS) is 5.33. The van der Waals surface area contributed by atoms with Gasteiger partial charge in [-0.15, -0.1) is 5.10 Å². The van der Waals surface area contributed by atoms with E-state index in [1.54, 1.807) is 0 Å². The fraction of sp³-hybridized carbons (Fsp3) is 0. The van der Waals surface area contributed by atoms with E-state index in [2.05, 4.69) is 10.9 Å². The van der Waals surface area contributed by atoms with E-state index in [1.165, 1.54) is 0 Å². The molecule has 0 aliphatic heterocycles. The summed E-state index contributed by atoms with van der Waals surface area (Å²) in [6.45, 7) is 0. The number of hydrazone groups is 1. The first-order valence-corrected chi connectivity index (χ1v) is 1.06. The van der Waals surface area contributed by atoms with Gasteiger partial charge in [-0.1, -0.05) is 0 Å². The third kappa shape index (κ3) is 8.83. The van der Waals surface area contributed by atoms with Crippen molar-refractivity contribution in [3.63, 3.8) is 0 Å². The summed E-state index contributed by atoms with van der Waals surface area (Å²) < 4.78 is 0. The van der Waals surface area contributed by atoms with Crippen LogP contribution >= 0.6 is 0 Å². The molecule has 0 aliphatic rings. The maximum absolute atomic E-state index is 4.69. The van der Waals surface area contributed by atoms with Crippen molar-refractivity contribution in [3.05, 3.63) is 0 Å². The van der Waals surface area contributed by atoms with Crippen LogP contribution in [0.4, 0.5) is 0 Å². The summed E-state index contributed by atoms with van der Waals surface area (Å²) in [4.78, 5) is 0. The van der Waals surface area contributed by atoms with Gasteiger partial charge in [0.05, 0.1) is 0 Å². The Hall–Kier alpha value is 0.706. The van der Waals surface area contributed by atoms with E-state index in [4.69, 9.17) is 11.5 Å². The van der Waals surface area contributed by atoms with Gasteiger partial charge in [-0.2, -0.15) is 0 Å². The Balaban J connectivity index is 0. The van der Waals surface area contributed by atoms with Gasteiger partial charge >= 0.3 is 51.4 Å². The summed E-state index contributed by atoms with van der Waals surface area (Å²) in [5.41, 5.74) is 9.39. The summed E-state index contributed by atoms with van der Waals surface area (Å²) >= 11 is 0. The Bertz CT molecular complexity index is 45.5. The van der Waals surface area contributed by atoms with Crippen molar-refractivity contribution in [2.45, 2.75) is 0 Å². The molecule has 5 heteroatoms. The summed E-state index contributed by atoms with van der Waals surface area (Å²) in [6.07, 6.45) is 0. The zero-order chi connectivity index (χ0) is 4.28. The summed E-state index contributed by atoms with van der Waals surface area (Å²) in [5.74, 6) is 4.42. The molecule has 0 saturated carbocycles. The van der Waals surface area contributed by atoms with E-state index in [9.17, 15) is 0 Å². The summed E-state index contributed by atoms with van der Waals surface area (Å²) in [5, 5.41) is 2.86. The van der Waals surface area contributed by atoms with Crippen LogP contribution in [0.1, 0.15) is 0 Å². The fourth-order valence-electron chi connectivity index (χ4n) is 0. The van der Waals surface area contributed by atoms with Crippen molar-refractivity contribution in [3.8, 4) is 0 Å². The van der Waals surface area contributed by atoms with Gasteiger partial charge in [-0.3, -0.25) is 0 Å². The molecule has 4 nitrogen and oxygen atoms in total. The number of nitrogens with zero attached hydrogens (tertiary/aromatic N) is 1. The second-order valence-corrected chi connectivity index (χ2v) is 0.554. The average Bonchev–Trinajstić information content (AvgIpc) is 1.38. The van der Waals surface area contributed by atoms with E-state index in [-0.39, 0.29) is 57.3 Å². The van der Waals surface area contributed by atoms with E-state index in [1.807, 2.05) is 0 Å². The molecule has 0 aromatic rings. The van der Waals surface area contributed by atoms with Crippen LogP contribution in [0.15, 0.2) is 5.10 Å². The molecule has 0 aromatic heterocycles. The second kappa shape index (κ2) is 5.71. The molecule has 0 aliphatic carbocycles. The minimum absolute atomic E-state index is 0. The Morgan fingerprint density at radius 3 is 1.50 bits per heavy atom. The van der Waals surface area contributed by atoms with Gasteiger partial charge in [-0.25, -0.2) is 0 Å². The van der Waals surface area contributed by atoms with Crippen molar-refractivity contribution in [1.29, 1.82) is 0 Å². The van der Waals surface area contributed by atoms with Crippen LogP contribution in [0.2, 0.25) is 0 Å². The number of guanidine groups is 1. The molecule has 0 rings (SSSR count). The first kappa shape index (κ1) is 9.86. The predicted molar refractivity (Wildman–Crippen MR) is 27.1 cm³/mol. The van der Waals surface area contributed by atoms with Gasteiger partial charge in [0.1, 0.15) is 0 Å². The molecular weight excluding hydrogens is 107 g/mol. The van der Waals surface area contributed by atoms with Crippen LogP contribution in [-0.4, -0.2) is 57.3 Å². The molecule has 6 N–H and O–H groups in total. The molecule has 0 aromatic carbocycles. The number of rotatable bonds is 0. The van der Waals surface area contributed by atoms with Crippen molar-refractivity contribution in [2.24, 2.45) is 22.4 Å². The first-order chi connectivity index (χ1) is 2.27. The maximum atomic E-state index is 4.69. The van der Waals surface area contributed by atoms with Crippen molar-refractivity contribution >= 4 is 57.3 Å². The molecular formula is CH7KN4. The molecule has 0 saturated heterocycles. The molecule has 0 atom stereocenters. The molecule has 0 fully saturated rings. The molecule has 0 bridgehead atoms. The third-order valence-electron chi connectivity index (χ3n) is 0.149. The van der Waals surface area contributed by atoms with Crippen LogP contribution in [-0.2, 0) is 0 Å². The third-order valence-corrected chi connectivity index (χ3v) is 0.149. The standard InChI is InChI=1S/CH6N4.K.H/c2-1(3)5-4;;/h4H2,(H4,2,3,5);;. The fourth-order valence-corrected chi connectivity index (χ4v) is 0.